The summed E-state index contributed by atoms with van der Waals surface area (Å²) in [5.41, 5.74) is 2.61. The summed E-state index contributed by atoms with van der Waals surface area (Å²) in [6.07, 6.45) is 1.53. The molecule has 0 N–H and O–H groups in total. The highest BCUT2D eigenvalue weighted by Crippen LogP contribution is 2.42. The van der Waals surface area contributed by atoms with Gasteiger partial charge in [-0.1, -0.05) is 65.0 Å². The van der Waals surface area contributed by atoms with Gasteiger partial charge in [0, 0.05) is 15.9 Å². The van der Waals surface area contributed by atoms with E-state index in [0.717, 1.165) is 16.8 Å². The van der Waals surface area contributed by atoms with Gasteiger partial charge in [-0.2, -0.15) is 0 Å². The Balaban J connectivity index is 2.70. The van der Waals surface area contributed by atoms with E-state index in [0.29, 0.717) is 5.56 Å². The molecule has 1 heteroatoms. The lowest BCUT2D eigenvalue weighted by Crippen LogP contribution is -2.34. The van der Waals surface area contributed by atoms with Gasteiger partial charge in [0.1, 0.15) is 0 Å². The average Bonchev–Trinajstić information content (AvgIpc) is 2.45. The van der Waals surface area contributed by atoms with E-state index >= 15 is 0 Å². The normalized spacial score (nSPS) is 15.3. The smallest absolute Gasteiger partial charge is 0.0705 e. The minimum Gasteiger partial charge on any atom is -0.256 e. The first-order chi connectivity index (χ1) is 10.4. The molecule has 0 unspecified atom stereocenters. The molecule has 20 heavy (non-hydrogen) atoms. The maximum atomic E-state index is 7.87. The van der Waals surface area contributed by atoms with E-state index < -0.39 is 6.85 Å². The van der Waals surface area contributed by atoms with Gasteiger partial charge in [-0.15, -0.1) is 0 Å². The summed E-state index contributed by atoms with van der Waals surface area (Å²) >= 11 is 0. The summed E-state index contributed by atoms with van der Waals surface area (Å²) in [5.74, 6) is 0. The molecule has 0 fully saturated rings. The van der Waals surface area contributed by atoms with Crippen molar-refractivity contribution in [2.24, 2.45) is 5.41 Å². The molecule has 0 aliphatic heterocycles. The molecular weight excluding hydrogens is 242 g/mol. The Bertz CT molecular complexity index is 680. The molecule has 1 heterocycles. The SMILES string of the molecule is [2H]C([2H])([2H])c1cnc(-c2ccccc2)cc1C(C)(C)C(C)(C)C. The van der Waals surface area contributed by atoms with Crippen molar-refractivity contribution in [3.05, 3.63) is 53.7 Å². The van der Waals surface area contributed by atoms with Gasteiger partial charge in [-0.3, -0.25) is 4.98 Å². The summed E-state index contributed by atoms with van der Waals surface area (Å²) in [7, 11) is 0. The van der Waals surface area contributed by atoms with E-state index in [4.69, 9.17) is 4.11 Å². The van der Waals surface area contributed by atoms with Gasteiger partial charge in [-0.05, 0) is 34.9 Å². The Hall–Kier alpha value is -1.63. The van der Waals surface area contributed by atoms with Crippen LogP contribution in [0.2, 0.25) is 0 Å². The topological polar surface area (TPSA) is 12.9 Å². The van der Waals surface area contributed by atoms with Gasteiger partial charge in [0.15, 0.2) is 0 Å². The molecule has 0 saturated heterocycles. The first kappa shape index (κ1) is 11.1. The molecule has 0 amide bonds. The van der Waals surface area contributed by atoms with Crippen LogP contribution in [0.25, 0.3) is 11.3 Å². The molecule has 0 aliphatic rings. The van der Waals surface area contributed by atoms with Gasteiger partial charge in [0.25, 0.3) is 0 Å². The second-order valence-electron chi connectivity index (χ2n) is 6.86. The van der Waals surface area contributed by atoms with Crippen LogP contribution in [0, 0.1) is 12.3 Å². The standard InChI is InChI=1S/C19H25N/c1-14-13-20-17(15-10-8-7-9-11-15)12-16(14)19(5,6)18(2,3)4/h7-13H,1-6H3/i1D3. The summed E-state index contributed by atoms with van der Waals surface area (Å²) in [4.78, 5) is 4.41. The first-order valence-electron chi connectivity index (χ1n) is 8.51. The number of aromatic nitrogens is 1. The molecule has 0 radical (unpaired) electrons. The molecule has 0 atom stereocenters. The summed E-state index contributed by atoms with van der Waals surface area (Å²) in [5, 5.41) is 0. The van der Waals surface area contributed by atoms with Crippen LogP contribution in [-0.4, -0.2) is 4.98 Å². The predicted molar refractivity (Wildman–Crippen MR) is 86.9 cm³/mol. The Labute approximate surface area is 127 Å². The van der Waals surface area contributed by atoms with E-state index in [-0.39, 0.29) is 10.8 Å². The highest BCUT2D eigenvalue weighted by molar-refractivity contribution is 5.60. The van der Waals surface area contributed by atoms with E-state index in [1.54, 1.807) is 0 Å². The highest BCUT2D eigenvalue weighted by atomic mass is 14.7. The van der Waals surface area contributed by atoms with Crippen LogP contribution in [0.4, 0.5) is 0 Å². The van der Waals surface area contributed by atoms with Crippen LogP contribution in [0.3, 0.4) is 0 Å². The van der Waals surface area contributed by atoms with Crippen molar-refractivity contribution in [2.75, 3.05) is 0 Å². The molecule has 1 nitrogen and oxygen atoms in total. The Morgan fingerprint density at radius 1 is 1.00 bits per heavy atom. The molecular formula is C19H25N. The van der Waals surface area contributed by atoms with Gasteiger partial charge in [0.2, 0.25) is 0 Å². The van der Waals surface area contributed by atoms with Crippen LogP contribution in [0.1, 0.15) is 49.9 Å². The minimum absolute atomic E-state index is 0.0810. The van der Waals surface area contributed by atoms with Crippen LogP contribution in [-0.2, 0) is 5.41 Å². The monoisotopic (exact) mass is 270 g/mol. The third-order valence-electron chi connectivity index (χ3n) is 4.52. The largest absolute Gasteiger partial charge is 0.256 e. The fourth-order valence-electron chi connectivity index (χ4n) is 2.14. The lowest BCUT2D eigenvalue weighted by molar-refractivity contribution is 0.224. The molecule has 0 spiro atoms. The molecule has 1 aromatic carbocycles. The average molecular weight is 270 g/mol. The van der Waals surface area contributed by atoms with E-state index in [1.165, 1.54) is 6.20 Å². The summed E-state index contributed by atoms with van der Waals surface area (Å²) < 4.78 is 23.6. The number of benzene rings is 1. The Morgan fingerprint density at radius 2 is 1.65 bits per heavy atom. The minimum atomic E-state index is -2.17. The number of hydrogen-bond donors (Lipinski definition) is 0. The zero-order chi connectivity index (χ0) is 17.5. The lowest BCUT2D eigenvalue weighted by atomic mass is 9.64. The van der Waals surface area contributed by atoms with Crippen LogP contribution >= 0.6 is 0 Å². The van der Waals surface area contributed by atoms with Gasteiger partial charge in [0.05, 0.1) is 5.69 Å². The Kier molecular flexibility index (Phi) is 2.79. The highest BCUT2D eigenvalue weighted by Gasteiger charge is 2.35. The van der Waals surface area contributed by atoms with Crippen LogP contribution in [0.15, 0.2) is 42.6 Å². The van der Waals surface area contributed by atoms with Crippen molar-refractivity contribution in [2.45, 2.75) is 46.9 Å². The zero-order valence-electron chi connectivity index (χ0n) is 16.0. The van der Waals surface area contributed by atoms with E-state index in [1.807, 2.05) is 36.4 Å². The summed E-state index contributed by atoms with van der Waals surface area (Å²) in [6, 6.07) is 11.8. The van der Waals surface area contributed by atoms with Gasteiger partial charge >= 0.3 is 0 Å². The number of hydrogen-bond acceptors (Lipinski definition) is 1. The van der Waals surface area contributed by atoms with Crippen molar-refractivity contribution in [3.8, 4) is 11.3 Å². The van der Waals surface area contributed by atoms with Crippen molar-refractivity contribution in [1.29, 1.82) is 0 Å². The quantitative estimate of drug-likeness (QED) is 0.714. The van der Waals surface area contributed by atoms with Crippen molar-refractivity contribution < 1.29 is 4.11 Å². The van der Waals surface area contributed by atoms with Gasteiger partial charge < -0.3 is 0 Å². The lowest BCUT2D eigenvalue weighted by Gasteiger charge is -2.40. The number of rotatable bonds is 2. The van der Waals surface area contributed by atoms with Crippen molar-refractivity contribution in [1.82, 2.24) is 4.98 Å². The maximum Gasteiger partial charge on any atom is 0.0705 e. The zero-order valence-corrected chi connectivity index (χ0v) is 13.0. The van der Waals surface area contributed by atoms with Crippen molar-refractivity contribution >= 4 is 0 Å². The second kappa shape index (κ2) is 5.05. The molecule has 2 rings (SSSR count). The van der Waals surface area contributed by atoms with E-state index in [2.05, 4.69) is 39.6 Å². The fourth-order valence-corrected chi connectivity index (χ4v) is 2.14. The van der Waals surface area contributed by atoms with Crippen LogP contribution < -0.4 is 0 Å². The molecule has 0 saturated carbocycles. The number of aryl methyl sites for hydroxylation is 1. The Morgan fingerprint density at radius 3 is 2.20 bits per heavy atom. The van der Waals surface area contributed by atoms with Crippen molar-refractivity contribution in [3.63, 3.8) is 0 Å². The maximum absolute atomic E-state index is 7.87. The third-order valence-corrected chi connectivity index (χ3v) is 4.52. The predicted octanol–water partition coefficient (Wildman–Crippen LogP) is 5.38. The molecule has 1 aromatic heterocycles. The van der Waals surface area contributed by atoms with Gasteiger partial charge in [-0.25, -0.2) is 0 Å². The first-order valence-corrected chi connectivity index (χ1v) is 7.01. The molecule has 106 valence electrons. The third kappa shape index (κ3) is 2.63. The molecule has 2 aromatic rings. The fraction of sp³-hybridized carbons (Fsp3) is 0.421. The number of nitrogens with zero attached hydrogens (tertiary/aromatic N) is 1. The molecule has 0 aliphatic carbocycles. The van der Waals surface area contributed by atoms with Crippen LogP contribution in [0.5, 0.6) is 0 Å². The van der Waals surface area contributed by atoms with E-state index in [9.17, 15) is 0 Å². The molecule has 0 bridgehead atoms. The second-order valence-corrected chi connectivity index (χ2v) is 6.86. The summed E-state index contributed by atoms with van der Waals surface area (Å²) in [6.45, 7) is 8.45. The number of pyridine rings is 1.